The van der Waals surface area contributed by atoms with Crippen molar-refractivity contribution in [2.75, 3.05) is 0 Å². The molecular weight excluding hydrogens is 316 g/mol. The maximum atomic E-state index is 12.0. The van der Waals surface area contributed by atoms with Gasteiger partial charge in [0.15, 0.2) is 0 Å². The summed E-state index contributed by atoms with van der Waals surface area (Å²) in [6, 6.07) is 11.2. The number of amides is 1. The van der Waals surface area contributed by atoms with Crippen LogP contribution in [0.1, 0.15) is 48.1 Å². The molecule has 128 valence electrons. The molecular formula is C19H20N4O2. The smallest absolute Gasteiger partial charge is 0.250 e. The summed E-state index contributed by atoms with van der Waals surface area (Å²) in [7, 11) is 0. The second-order valence-electron chi connectivity index (χ2n) is 6.66. The van der Waals surface area contributed by atoms with E-state index in [1.165, 1.54) is 0 Å². The number of primary amides is 1. The molecule has 1 saturated carbocycles. The van der Waals surface area contributed by atoms with E-state index < -0.39 is 5.91 Å². The fourth-order valence-corrected chi connectivity index (χ4v) is 3.73. The van der Waals surface area contributed by atoms with Crippen molar-refractivity contribution in [3.8, 4) is 0 Å². The van der Waals surface area contributed by atoms with Crippen LogP contribution in [0, 0.1) is 0 Å². The number of benzene rings is 1. The number of fused-ring (bicyclic) bond motifs is 1. The maximum Gasteiger partial charge on any atom is 0.250 e. The number of aromatic nitrogens is 3. The first-order valence-electron chi connectivity index (χ1n) is 8.58. The lowest BCUT2D eigenvalue weighted by Crippen LogP contribution is -2.27. The van der Waals surface area contributed by atoms with Gasteiger partial charge in [0.2, 0.25) is 5.91 Å². The fourth-order valence-electron chi connectivity index (χ4n) is 3.73. The average molecular weight is 336 g/mol. The van der Waals surface area contributed by atoms with Gasteiger partial charge in [0.25, 0.3) is 5.56 Å². The van der Waals surface area contributed by atoms with E-state index in [9.17, 15) is 9.59 Å². The van der Waals surface area contributed by atoms with Crippen LogP contribution in [0.4, 0.5) is 0 Å². The van der Waals surface area contributed by atoms with Gasteiger partial charge >= 0.3 is 0 Å². The zero-order valence-electron chi connectivity index (χ0n) is 13.8. The first-order valence-corrected chi connectivity index (χ1v) is 8.58. The molecule has 2 N–H and O–H groups in total. The molecule has 0 aliphatic heterocycles. The molecule has 1 aromatic carbocycles. The van der Waals surface area contributed by atoms with Gasteiger partial charge in [0.05, 0.1) is 11.6 Å². The third-order valence-electron chi connectivity index (χ3n) is 5.09. The number of carbonyl (C=O) groups is 1. The first kappa shape index (κ1) is 15.6. The number of nitrogens with zero attached hydrogens (tertiary/aromatic N) is 3. The number of nitrogens with two attached hydrogens (primary N) is 1. The van der Waals surface area contributed by atoms with Crippen molar-refractivity contribution in [1.82, 2.24) is 14.3 Å². The van der Waals surface area contributed by atoms with Crippen LogP contribution in [0.2, 0.25) is 0 Å². The molecule has 6 heteroatoms. The van der Waals surface area contributed by atoms with Gasteiger partial charge in [-0.3, -0.25) is 14.3 Å². The normalized spacial score (nSPS) is 20.6. The monoisotopic (exact) mass is 336 g/mol. The summed E-state index contributed by atoms with van der Waals surface area (Å²) in [5.41, 5.74) is 6.77. The molecule has 0 radical (unpaired) electrons. The molecule has 6 nitrogen and oxygen atoms in total. The molecule has 0 atom stereocenters. The Balaban J connectivity index is 1.52. The van der Waals surface area contributed by atoms with E-state index in [-0.39, 0.29) is 11.6 Å². The van der Waals surface area contributed by atoms with Crippen molar-refractivity contribution >= 4 is 16.8 Å². The summed E-state index contributed by atoms with van der Waals surface area (Å²) in [4.78, 5) is 23.3. The number of rotatable bonds is 3. The molecule has 1 aliphatic carbocycles. The highest BCUT2D eigenvalue weighted by Gasteiger charge is 2.24. The molecule has 0 unspecified atom stereocenters. The minimum absolute atomic E-state index is 0.0646. The van der Waals surface area contributed by atoms with Gasteiger partial charge in [-0.25, -0.2) is 0 Å². The van der Waals surface area contributed by atoms with Gasteiger partial charge in [-0.2, -0.15) is 5.10 Å². The minimum atomic E-state index is -0.427. The molecule has 1 amide bonds. The SMILES string of the molecule is NC(=O)c1ccc2nn(C3CCC(n4ccccc4=O)CC3)cc2c1. The van der Waals surface area contributed by atoms with Crippen LogP contribution in [0.3, 0.4) is 0 Å². The van der Waals surface area contributed by atoms with Gasteiger partial charge in [0, 0.05) is 35.5 Å². The van der Waals surface area contributed by atoms with Gasteiger partial charge in [-0.1, -0.05) is 6.07 Å². The van der Waals surface area contributed by atoms with E-state index >= 15 is 0 Å². The summed E-state index contributed by atoms with van der Waals surface area (Å²) in [5.74, 6) is -0.427. The molecule has 0 spiro atoms. The minimum Gasteiger partial charge on any atom is -0.366 e. The van der Waals surface area contributed by atoms with E-state index in [1.54, 1.807) is 24.3 Å². The van der Waals surface area contributed by atoms with Crippen LogP contribution < -0.4 is 11.3 Å². The maximum absolute atomic E-state index is 12.0. The van der Waals surface area contributed by atoms with Crippen molar-refractivity contribution < 1.29 is 4.79 Å². The summed E-state index contributed by atoms with van der Waals surface area (Å²) in [5, 5.41) is 5.58. The van der Waals surface area contributed by atoms with E-state index in [2.05, 4.69) is 5.10 Å². The standard InChI is InChI=1S/C19H20N4O2/c20-19(25)13-4-9-17-14(11-13)12-23(21-17)16-7-5-15(6-8-16)22-10-2-1-3-18(22)24/h1-4,9-12,15-16H,5-8H2,(H2,20,25). The molecule has 4 rings (SSSR count). The lowest BCUT2D eigenvalue weighted by atomic mass is 9.91. The van der Waals surface area contributed by atoms with E-state index in [0.717, 1.165) is 36.6 Å². The molecule has 3 aromatic rings. The number of carbonyl (C=O) groups excluding carboxylic acids is 1. The van der Waals surface area contributed by atoms with Crippen LogP contribution in [-0.4, -0.2) is 20.3 Å². The number of hydrogen-bond donors (Lipinski definition) is 1. The first-order chi connectivity index (χ1) is 12.1. The Morgan fingerprint density at radius 2 is 1.84 bits per heavy atom. The van der Waals surface area contributed by atoms with Crippen molar-refractivity contribution in [3.05, 3.63) is 64.7 Å². The van der Waals surface area contributed by atoms with Crippen molar-refractivity contribution in [2.24, 2.45) is 5.73 Å². The van der Waals surface area contributed by atoms with Crippen molar-refractivity contribution in [3.63, 3.8) is 0 Å². The molecule has 2 heterocycles. The third kappa shape index (κ3) is 2.95. The van der Waals surface area contributed by atoms with Gasteiger partial charge in [0.1, 0.15) is 0 Å². The second-order valence-corrected chi connectivity index (χ2v) is 6.66. The number of hydrogen-bond acceptors (Lipinski definition) is 3. The molecule has 2 aromatic heterocycles. The Hall–Kier alpha value is -2.89. The van der Waals surface area contributed by atoms with Crippen molar-refractivity contribution in [1.29, 1.82) is 0 Å². The van der Waals surface area contributed by atoms with E-state index in [1.807, 2.05) is 33.8 Å². The summed E-state index contributed by atoms with van der Waals surface area (Å²) >= 11 is 0. The fraction of sp³-hybridized carbons (Fsp3) is 0.316. The van der Waals surface area contributed by atoms with Gasteiger partial charge in [-0.15, -0.1) is 0 Å². The quantitative estimate of drug-likeness (QED) is 0.798. The van der Waals surface area contributed by atoms with Crippen LogP contribution in [0.25, 0.3) is 10.9 Å². The molecule has 0 bridgehead atoms. The Kier molecular flexibility index (Phi) is 3.87. The highest BCUT2D eigenvalue weighted by Crippen LogP contribution is 2.34. The van der Waals surface area contributed by atoms with E-state index in [0.29, 0.717) is 11.6 Å². The molecule has 25 heavy (non-hydrogen) atoms. The van der Waals surface area contributed by atoms with Crippen LogP contribution in [0.5, 0.6) is 0 Å². The largest absolute Gasteiger partial charge is 0.366 e. The average Bonchev–Trinajstić information content (AvgIpc) is 3.05. The lowest BCUT2D eigenvalue weighted by molar-refractivity contribution is 0.100. The van der Waals surface area contributed by atoms with Gasteiger partial charge in [-0.05, 0) is 49.9 Å². The Morgan fingerprint density at radius 1 is 1.08 bits per heavy atom. The predicted octanol–water partition coefficient (Wildman–Crippen LogP) is 2.65. The van der Waals surface area contributed by atoms with E-state index in [4.69, 9.17) is 5.73 Å². The third-order valence-corrected chi connectivity index (χ3v) is 5.09. The van der Waals surface area contributed by atoms with Crippen molar-refractivity contribution in [2.45, 2.75) is 37.8 Å². The van der Waals surface area contributed by atoms with Crippen LogP contribution in [0.15, 0.2) is 53.6 Å². The Labute approximate surface area is 144 Å². The second kappa shape index (κ2) is 6.20. The zero-order chi connectivity index (χ0) is 17.4. The molecule has 0 saturated heterocycles. The summed E-state index contributed by atoms with van der Waals surface area (Å²) in [6.07, 6.45) is 7.72. The molecule has 1 fully saturated rings. The summed E-state index contributed by atoms with van der Waals surface area (Å²) < 4.78 is 3.84. The predicted molar refractivity (Wildman–Crippen MR) is 95.5 cm³/mol. The molecule has 1 aliphatic rings. The Morgan fingerprint density at radius 3 is 2.56 bits per heavy atom. The topological polar surface area (TPSA) is 82.9 Å². The lowest BCUT2D eigenvalue weighted by Gasteiger charge is -2.29. The van der Waals surface area contributed by atoms with Crippen LogP contribution >= 0.6 is 0 Å². The van der Waals surface area contributed by atoms with Crippen LogP contribution in [-0.2, 0) is 0 Å². The number of pyridine rings is 1. The summed E-state index contributed by atoms with van der Waals surface area (Å²) in [6.45, 7) is 0. The van der Waals surface area contributed by atoms with Gasteiger partial charge < -0.3 is 10.3 Å². The zero-order valence-corrected chi connectivity index (χ0v) is 13.8. The highest BCUT2D eigenvalue weighted by molar-refractivity contribution is 5.96. The Bertz CT molecular complexity index is 980. The highest BCUT2D eigenvalue weighted by atomic mass is 16.1.